The average molecular weight is 281 g/mol. The number of alkyl halides is 3. The summed E-state index contributed by atoms with van der Waals surface area (Å²) in [5.74, 6) is -0.381. The van der Waals surface area contributed by atoms with Crippen molar-refractivity contribution < 1.29 is 4.74 Å². The van der Waals surface area contributed by atoms with E-state index in [0.717, 1.165) is 0 Å². The lowest BCUT2D eigenvalue weighted by atomic mass is 10.7. The van der Waals surface area contributed by atoms with Crippen LogP contribution in [0.3, 0.4) is 0 Å². The Morgan fingerprint density at radius 3 is 2.45 bits per heavy atom. The molecule has 0 saturated carbocycles. The summed E-state index contributed by atoms with van der Waals surface area (Å²) in [4.78, 5) is 1.60. The van der Waals surface area contributed by atoms with E-state index in [2.05, 4.69) is 15.9 Å². The van der Waals surface area contributed by atoms with Crippen molar-refractivity contribution in [3.05, 3.63) is 11.1 Å². The van der Waals surface area contributed by atoms with E-state index >= 15 is 0 Å². The van der Waals surface area contributed by atoms with Gasteiger partial charge in [-0.3, -0.25) is 5.41 Å². The maximum Gasteiger partial charge on any atom is 0.265 e. The van der Waals surface area contributed by atoms with E-state index in [9.17, 15) is 0 Å². The second-order valence-electron chi connectivity index (χ2n) is 1.50. The standard InChI is InChI=1S/C5H5BrCl3NO/c6-2-1-3-11-4(10)5(7,8)9/h1-2,10H,3H2/b2-1+,10-4?. The van der Waals surface area contributed by atoms with Crippen molar-refractivity contribution in [2.45, 2.75) is 3.79 Å². The Labute approximate surface area is 88.1 Å². The molecule has 2 nitrogen and oxygen atoms in total. The summed E-state index contributed by atoms with van der Waals surface area (Å²) in [6, 6.07) is 0. The Balaban J connectivity index is 3.71. The summed E-state index contributed by atoms with van der Waals surface area (Å²) in [6.45, 7) is 0.206. The van der Waals surface area contributed by atoms with E-state index in [0.29, 0.717) is 0 Å². The van der Waals surface area contributed by atoms with E-state index < -0.39 is 3.79 Å². The van der Waals surface area contributed by atoms with E-state index in [-0.39, 0.29) is 12.5 Å². The Bertz CT molecular complexity index is 166. The molecule has 0 aliphatic rings. The molecule has 0 atom stereocenters. The third-order valence-corrected chi connectivity index (χ3v) is 1.56. The van der Waals surface area contributed by atoms with Gasteiger partial charge in [0.2, 0.25) is 5.90 Å². The molecule has 0 aromatic heterocycles. The van der Waals surface area contributed by atoms with Crippen molar-refractivity contribution in [3.63, 3.8) is 0 Å². The molecule has 0 unspecified atom stereocenters. The van der Waals surface area contributed by atoms with Gasteiger partial charge >= 0.3 is 0 Å². The SMILES string of the molecule is N=C(OC/C=C/Br)C(Cl)(Cl)Cl. The molecule has 0 fully saturated rings. The van der Waals surface area contributed by atoms with Gasteiger partial charge in [0.15, 0.2) is 0 Å². The van der Waals surface area contributed by atoms with Crippen molar-refractivity contribution in [1.29, 1.82) is 5.41 Å². The maximum atomic E-state index is 7.05. The highest BCUT2D eigenvalue weighted by Gasteiger charge is 2.28. The monoisotopic (exact) mass is 279 g/mol. The molecular formula is C5H5BrCl3NO. The van der Waals surface area contributed by atoms with Gasteiger partial charge in [-0.25, -0.2) is 0 Å². The topological polar surface area (TPSA) is 33.1 Å². The molecule has 0 rings (SSSR count). The van der Waals surface area contributed by atoms with Gasteiger partial charge in [0.25, 0.3) is 3.79 Å². The Morgan fingerprint density at radius 1 is 1.55 bits per heavy atom. The predicted molar refractivity (Wildman–Crippen MR) is 52.0 cm³/mol. The number of hydrogen-bond acceptors (Lipinski definition) is 2. The Kier molecular flexibility index (Phi) is 5.52. The average Bonchev–Trinajstić information content (AvgIpc) is 1.86. The van der Waals surface area contributed by atoms with Gasteiger partial charge in [0.05, 0.1) is 0 Å². The molecule has 0 bridgehead atoms. The van der Waals surface area contributed by atoms with E-state index in [1.54, 1.807) is 11.1 Å². The van der Waals surface area contributed by atoms with Crippen LogP contribution in [0.2, 0.25) is 0 Å². The zero-order valence-electron chi connectivity index (χ0n) is 5.28. The van der Waals surface area contributed by atoms with Crippen LogP contribution in [-0.4, -0.2) is 16.3 Å². The van der Waals surface area contributed by atoms with Crippen molar-refractivity contribution >= 4 is 56.6 Å². The van der Waals surface area contributed by atoms with Gasteiger partial charge in [0, 0.05) is 0 Å². The number of ether oxygens (including phenoxy) is 1. The van der Waals surface area contributed by atoms with E-state index in [4.69, 9.17) is 44.9 Å². The summed E-state index contributed by atoms with van der Waals surface area (Å²) in [5, 5.41) is 7.05. The first kappa shape index (κ1) is 11.6. The van der Waals surface area contributed by atoms with Gasteiger partial charge in [-0.05, 0) is 11.1 Å². The van der Waals surface area contributed by atoms with Crippen LogP contribution in [0.15, 0.2) is 11.1 Å². The number of rotatable bonds is 2. The van der Waals surface area contributed by atoms with Crippen LogP contribution in [0.5, 0.6) is 0 Å². The minimum Gasteiger partial charge on any atom is -0.474 e. The molecule has 0 saturated heterocycles. The van der Waals surface area contributed by atoms with Gasteiger partial charge in [-0.2, -0.15) is 0 Å². The molecule has 64 valence electrons. The smallest absolute Gasteiger partial charge is 0.265 e. The number of nitrogens with one attached hydrogen (secondary N) is 1. The molecule has 0 heterocycles. The molecule has 0 aliphatic heterocycles. The highest BCUT2D eigenvalue weighted by atomic mass is 79.9. The number of hydrogen-bond donors (Lipinski definition) is 1. The summed E-state index contributed by atoms with van der Waals surface area (Å²) < 4.78 is 2.95. The fourth-order valence-electron chi connectivity index (χ4n) is 0.250. The van der Waals surface area contributed by atoms with Crippen LogP contribution in [-0.2, 0) is 4.74 Å². The van der Waals surface area contributed by atoms with Crippen LogP contribution < -0.4 is 0 Å². The Hall–Kier alpha value is 0.560. The lowest BCUT2D eigenvalue weighted by Gasteiger charge is -2.11. The Morgan fingerprint density at radius 2 is 2.09 bits per heavy atom. The van der Waals surface area contributed by atoms with E-state index in [1.807, 2.05) is 0 Å². The van der Waals surface area contributed by atoms with Crippen molar-refractivity contribution in [2.24, 2.45) is 0 Å². The van der Waals surface area contributed by atoms with Gasteiger partial charge in [-0.1, -0.05) is 50.7 Å². The summed E-state index contributed by atoms with van der Waals surface area (Å²) in [6.07, 6.45) is 1.63. The molecule has 0 aromatic rings. The first-order valence-electron chi connectivity index (χ1n) is 2.52. The minimum atomic E-state index is -1.76. The quantitative estimate of drug-likeness (QED) is 0.470. The second-order valence-corrected chi connectivity index (χ2v) is 4.31. The largest absolute Gasteiger partial charge is 0.474 e. The first-order chi connectivity index (χ1) is 4.98. The zero-order chi connectivity index (χ0) is 8.91. The lowest BCUT2D eigenvalue weighted by Crippen LogP contribution is -2.21. The molecule has 1 N–H and O–H groups in total. The maximum absolute atomic E-state index is 7.05. The predicted octanol–water partition coefficient (Wildman–Crippen LogP) is 3.26. The molecule has 0 amide bonds. The zero-order valence-corrected chi connectivity index (χ0v) is 9.14. The number of halogens is 4. The summed E-state index contributed by atoms with van der Waals surface area (Å²) >= 11 is 18.9. The third kappa shape index (κ3) is 5.79. The highest BCUT2D eigenvalue weighted by Crippen LogP contribution is 2.27. The second kappa shape index (κ2) is 5.25. The van der Waals surface area contributed by atoms with Gasteiger partial charge in [0.1, 0.15) is 6.61 Å². The molecule has 0 aromatic carbocycles. The molecule has 11 heavy (non-hydrogen) atoms. The highest BCUT2D eigenvalue weighted by molar-refractivity contribution is 9.11. The molecule has 0 spiro atoms. The van der Waals surface area contributed by atoms with Crippen LogP contribution in [0, 0.1) is 5.41 Å². The van der Waals surface area contributed by atoms with Crippen molar-refractivity contribution in [2.75, 3.05) is 6.61 Å². The lowest BCUT2D eigenvalue weighted by molar-refractivity contribution is 0.340. The van der Waals surface area contributed by atoms with E-state index in [1.165, 1.54) is 0 Å². The van der Waals surface area contributed by atoms with Gasteiger partial charge in [-0.15, -0.1) is 0 Å². The fourth-order valence-corrected chi connectivity index (χ4v) is 0.566. The van der Waals surface area contributed by atoms with Crippen LogP contribution in [0.25, 0.3) is 0 Å². The normalized spacial score (nSPS) is 12.0. The molecule has 6 heteroatoms. The van der Waals surface area contributed by atoms with Crippen LogP contribution in [0.1, 0.15) is 0 Å². The molecular weight excluding hydrogens is 276 g/mol. The van der Waals surface area contributed by atoms with Gasteiger partial charge < -0.3 is 4.74 Å². The summed E-state index contributed by atoms with van der Waals surface area (Å²) in [7, 11) is 0. The molecule has 0 radical (unpaired) electrons. The fraction of sp³-hybridized carbons (Fsp3) is 0.400. The van der Waals surface area contributed by atoms with Crippen LogP contribution in [0.4, 0.5) is 0 Å². The molecule has 0 aliphatic carbocycles. The first-order valence-corrected chi connectivity index (χ1v) is 4.57. The van der Waals surface area contributed by atoms with Crippen molar-refractivity contribution in [3.8, 4) is 0 Å². The van der Waals surface area contributed by atoms with Crippen molar-refractivity contribution in [1.82, 2.24) is 0 Å². The summed E-state index contributed by atoms with van der Waals surface area (Å²) in [5.41, 5.74) is 0. The van der Waals surface area contributed by atoms with Crippen LogP contribution >= 0.6 is 50.7 Å². The third-order valence-electron chi connectivity index (χ3n) is 0.670. The minimum absolute atomic E-state index is 0.206.